The largest absolute Gasteiger partial charge is 0.494 e. The molecular formula is C12H17O. The van der Waals surface area contributed by atoms with E-state index in [-0.39, 0.29) is 5.41 Å². The summed E-state index contributed by atoms with van der Waals surface area (Å²) in [6, 6.07) is 8.19. The lowest BCUT2D eigenvalue weighted by Gasteiger charge is -2.19. The summed E-state index contributed by atoms with van der Waals surface area (Å²) >= 11 is 0. The Morgan fingerprint density at radius 3 is 2.08 bits per heavy atom. The van der Waals surface area contributed by atoms with E-state index in [9.17, 15) is 0 Å². The Bertz CT molecular complexity index is 253. The standard InChI is InChI=1S/C12H17O/c1-5-13-11-8-6-10(7-9-11)12(2,3)4/h6-9H,1,5H2,2-4H3. The van der Waals surface area contributed by atoms with Crippen LogP contribution in [0.15, 0.2) is 24.3 Å². The monoisotopic (exact) mass is 177 g/mol. The van der Waals surface area contributed by atoms with Crippen LogP contribution in [-0.4, -0.2) is 6.61 Å². The van der Waals surface area contributed by atoms with E-state index < -0.39 is 0 Å². The second-order valence-corrected chi connectivity index (χ2v) is 4.12. The van der Waals surface area contributed by atoms with Crippen molar-refractivity contribution < 1.29 is 4.74 Å². The summed E-state index contributed by atoms with van der Waals surface area (Å²) < 4.78 is 5.26. The van der Waals surface area contributed by atoms with Gasteiger partial charge in [-0.05, 0) is 30.0 Å². The van der Waals surface area contributed by atoms with Gasteiger partial charge in [0.1, 0.15) is 5.75 Å². The third kappa shape index (κ3) is 2.76. The van der Waals surface area contributed by atoms with Crippen molar-refractivity contribution in [3.63, 3.8) is 0 Å². The van der Waals surface area contributed by atoms with Crippen molar-refractivity contribution in [2.45, 2.75) is 26.2 Å². The first-order valence-corrected chi connectivity index (χ1v) is 4.56. The predicted molar refractivity (Wildman–Crippen MR) is 56.0 cm³/mol. The van der Waals surface area contributed by atoms with Gasteiger partial charge in [-0.15, -0.1) is 0 Å². The van der Waals surface area contributed by atoms with Gasteiger partial charge in [0, 0.05) is 0 Å². The predicted octanol–water partition coefficient (Wildman–Crippen LogP) is 3.20. The Morgan fingerprint density at radius 2 is 1.69 bits per heavy atom. The highest BCUT2D eigenvalue weighted by atomic mass is 16.5. The molecule has 1 nitrogen and oxygen atoms in total. The van der Waals surface area contributed by atoms with Gasteiger partial charge in [0.2, 0.25) is 0 Å². The van der Waals surface area contributed by atoms with E-state index in [1.165, 1.54) is 5.56 Å². The second kappa shape index (κ2) is 3.82. The van der Waals surface area contributed by atoms with Crippen LogP contribution >= 0.6 is 0 Å². The summed E-state index contributed by atoms with van der Waals surface area (Å²) in [6.07, 6.45) is 0. The average Bonchev–Trinajstić information content (AvgIpc) is 2.04. The topological polar surface area (TPSA) is 9.23 Å². The van der Waals surface area contributed by atoms with Crippen LogP contribution in [-0.2, 0) is 5.41 Å². The maximum absolute atomic E-state index is 5.26. The molecule has 0 bridgehead atoms. The quantitative estimate of drug-likeness (QED) is 0.674. The number of ether oxygens (including phenoxy) is 1. The molecule has 1 rings (SSSR count). The molecule has 0 saturated heterocycles. The van der Waals surface area contributed by atoms with E-state index in [4.69, 9.17) is 4.74 Å². The van der Waals surface area contributed by atoms with Crippen molar-refractivity contribution in [2.24, 2.45) is 0 Å². The first-order chi connectivity index (χ1) is 6.04. The minimum absolute atomic E-state index is 0.211. The first kappa shape index (κ1) is 10.1. The highest BCUT2D eigenvalue weighted by Gasteiger charge is 2.12. The Labute approximate surface area is 80.7 Å². The van der Waals surface area contributed by atoms with Gasteiger partial charge in [0.25, 0.3) is 0 Å². The van der Waals surface area contributed by atoms with Gasteiger partial charge in [-0.3, -0.25) is 0 Å². The summed E-state index contributed by atoms with van der Waals surface area (Å²) in [7, 11) is 0. The van der Waals surface area contributed by atoms with E-state index in [0.29, 0.717) is 6.61 Å². The van der Waals surface area contributed by atoms with Crippen molar-refractivity contribution >= 4 is 0 Å². The normalized spacial score (nSPS) is 11.4. The molecular weight excluding hydrogens is 160 g/mol. The molecule has 71 valence electrons. The maximum Gasteiger partial charge on any atom is 0.119 e. The van der Waals surface area contributed by atoms with E-state index >= 15 is 0 Å². The molecule has 0 aliphatic rings. The zero-order chi connectivity index (χ0) is 9.90. The SMILES string of the molecule is [CH2]COc1ccc(C(C)(C)C)cc1. The first-order valence-electron chi connectivity index (χ1n) is 4.56. The number of hydrogen-bond acceptors (Lipinski definition) is 1. The summed E-state index contributed by atoms with van der Waals surface area (Å²) in [5.41, 5.74) is 1.53. The van der Waals surface area contributed by atoms with Crippen LogP contribution in [0.5, 0.6) is 5.75 Å². The van der Waals surface area contributed by atoms with Gasteiger partial charge in [0.05, 0.1) is 6.61 Å². The molecule has 0 atom stereocenters. The van der Waals surface area contributed by atoms with Crippen LogP contribution in [0.2, 0.25) is 0 Å². The third-order valence-corrected chi connectivity index (χ3v) is 1.99. The highest BCUT2D eigenvalue weighted by molar-refractivity contribution is 5.31. The summed E-state index contributed by atoms with van der Waals surface area (Å²) in [5.74, 6) is 0.892. The zero-order valence-electron chi connectivity index (χ0n) is 8.63. The molecule has 0 saturated carbocycles. The summed E-state index contributed by atoms with van der Waals surface area (Å²) in [4.78, 5) is 0. The molecule has 1 aromatic carbocycles. The van der Waals surface area contributed by atoms with E-state index in [2.05, 4.69) is 39.8 Å². The van der Waals surface area contributed by atoms with Crippen molar-refractivity contribution in [1.82, 2.24) is 0 Å². The van der Waals surface area contributed by atoms with Gasteiger partial charge in [0.15, 0.2) is 0 Å². The second-order valence-electron chi connectivity index (χ2n) is 4.12. The summed E-state index contributed by atoms with van der Waals surface area (Å²) in [5, 5.41) is 0. The lowest BCUT2D eigenvalue weighted by molar-refractivity contribution is 0.360. The van der Waals surface area contributed by atoms with Gasteiger partial charge in [-0.25, -0.2) is 0 Å². The van der Waals surface area contributed by atoms with Crippen LogP contribution in [0, 0.1) is 6.92 Å². The molecule has 1 heteroatoms. The number of hydrogen-bond donors (Lipinski definition) is 0. The van der Waals surface area contributed by atoms with Crippen molar-refractivity contribution in [3.05, 3.63) is 36.8 Å². The molecule has 0 amide bonds. The molecule has 0 aliphatic heterocycles. The Balaban J connectivity index is 2.81. The Hall–Kier alpha value is -0.980. The molecule has 0 aliphatic carbocycles. The average molecular weight is 177 g/mol. The van der Waals surface area contributed by atoms with Crippen molar-refractivity contribution in [3.8, 4) is 5.75 Å². The molecule has 0 spiro atoms. The molecule has 0 heterocycles. The highest BCUT2D eigenvalue weighted by Crippen LogP contribution is 2.24. The van der Waals surface area contributed by atoms with Gasteiger partial charge in [-0.1, -0.05) is 32.9 Å². The molecule has 13 heavy (non-hydrogen) atoms. The summed E-state index contributed by atoms with van der Waals surface area (Å²) in [6.45, 7) is 10.7. The molecule has 0 aromatic heterocycles. The van der Waals surface area contributed by atoms with Crippen molar-refractivity contribution in [1.29, 1.82) is 0 Å². The molecule has 0 N–H and O–H groups in total. The maximum atomic E-state index is 5.26. The fourth-order valence-electron chi connectivity index (χ4n) is 1.17. The zero-order valence-corrected chi connectivity index (χ0v) is 8.63. The third-order valence-electron chi connectivity index (χ3n) is 1.99. The fourth-order valence-corrected chi connectivity index (χ4v) is 1.17. The van der Waals surface area contributed by atoms with Crippen LogP contribution in [0.1, 0.15) is 26.3 Å². The van der Waals surface area contributed by atoms with Crippen LogP contribution in [0.4, 0.5) is 0 Å². The van der Waals surface area contributed by atoms with Gasteiger partial charge in [-0.2, -0.15) is 0 Å². The lowest BCUT2D eigenvalue weighted by atomic mass is 9.87. The lowest BCUT2D eigenvalue weighted by Crippen LogP contribution is -2.10. The van der Waals surface area contributed by atoms with Crippen LogP contribution in [0.3, 0.4) is 0 Å². The minimum Gasteiger partial charge on any atom is -0.494 e. The van der Waals surface area contributed by atoms with Gasteiger partial charge >= 0.3 is 0 Å². The fraction of sp³-hybridized carbons (Fsp3) is 0.417. The van der Waals surface area contributed by atoms with E-state index in [1.807, 2.05) is 12.1 Å². The van der Waals surface area contributed by atoms with Crippen LogP contribution < -0.4 is 4.74 Å². The number of benzene rings is 1. The van der Waals surface area contributed by atoms with Gasteiger partial charge < -0.3 is 4.74 Å². The molecule has 1 aromatic rings. The van der Waals surface area contributed by atoms with Crippen LogP contribution in [0.25, 0.3) is 0 Å². The minimum atomic E-state index is 0.211. The molecule has 0 unspecified atom stereocenters. The van der Waals surface area contributed by atoms with E-state index in [1.54, 1.807) is 0 Å². The Kier molecular flexibility index (Phi) is 2.97. The van der Waals surface area contributed by atoms with E-state index in [0.717, 1.165) is 5.75 Å². The van der Waals surface area contributed by atoms with Crippen molar-refractivity contribution in [2.75, 3.05) is 6.61 Å². The molecule has 0 fully saturated rings. The molecule has 1 radical (unpaired) electrons. The smallest absolute Gasteiger partial charge is 0.119 e. The number of rotatable bonds is 2. The Morgan fingerprint density at radius 1 is 1.15 bits per heavy atom.